The Bertz CT molecular complexity index is 613. The molecule has 0 heterocycles. The van der Waals surface area contributed by atoms with E-state index in [-0.39, 0.29) is 11.8 Å². The monoisotopic (exact) mass is 293 g/mol. The predicted octanol–water partition coefficient (Wildman–Crippen LogP) is 4.85. The second-order valence-corrected chi connectivity index (χ2v) is 5.09. The molecule has 0 aromatic heterocycles. The van der Waals surface area contributed by atoms with E-state index in [4.69, 9.17) is 22.1 Å². The molecule has 20 heavy (non-hydrogen) atoms. The zero-order valence-electron chi connectivity index (χ0n) is 11.5. The first-order valence-corrected chi connectivity index (χ1v) is 6.90. The van der Waals surface area contributed by atoms with Crippen LogP contribution in [0.4, 0.5) is 4.39 Å². The molecule has 1 atom stereocenters. The molecule has 2 aromatic rings. The van der Waals surface area contributed by atoms with E-state index < -0.39 is 5.82 Å². The summed E-state index contributed by atoms with van der Waals surface area (Å²) in [6.45, 7) is 3.81. The Balaban J connectivity index is 2.26. The third kappa shape index (κ3) is 3.30. The molecule has 2 N–H and O–H groups in total. The van der Waals surface area contributed by atoms with Gasteiger partial charge in [-0.15, -0.1) is 0 Å². The summed E-state index contributed by atoms with van der Waals surface area (Å²) in [5.41, 5.74) is 7.42. The second kappa shape index (κ2) is 6.25. The van der Waals surface area contributed by atoms with E-state index in [9.17, 15) is 4.39 Å². The van der Waals surface area contributed by atoms with Gasteiger partial charge >= 0.3 is 0 Å². The van der Waals surface area contributed by atoms with E-state index in [1.807, 2.05) is 19.9 Å². The Morgan fingerprint density at radius 1 is 1.25 bits per heavy atom. The van der Waals surface area contributed by atoms with Crippen molar-refractivity contribution in [3.05, 3.63) is 58.4 Å². The average molecular weight is 294 g/mol. The number of rotatable bonds is 4. The van der Waals surface area contributed by atoms with Crippen LogP contribution in [0, 0.1) is 5.82 Å². The molecule has 0 aliphatic heterocycles. The van der Waals surface area contributed by atoms with E-state index in [2.05, 4.69) is 0 Å². The summed E-state index contributed by atoms with van der Waals surface area (Å²) in [5, 5.41) is 0.688. The fraction of sp³-hybridized carbons (Fsp3) is 0.250. The first-order chi connectivity index (χ1) is 9.51. The fourth-order valence-corrected chi connectivity index (χ4v) is 2.15. The summed E-state index contributed by atoms with van der Waals surface area (Å²) >= 11 is 6.04. The zero-order valence-corrected chi connectivity index (χ0v) is 12.2. The molecular formula is C16H17ClFNO. The van der Waals surface area contributed by atoms with E-state index in [1.54, 1.807) is 24.3 Å². The molecule has 2 nitrogen and oxygen atoms in total. The standard InChI is InChI=1S/C16H17ClFNO/c1-3-11-8-13(5-6-14(11)17)20-16-7-4-12(10(2)19)9-15(16)18/h4-10H,3,19H2,1-2H3. The quantitative estimate of drug-likeness (QED) is 0.874. The molecule has 0 saturated carbocycles. The number of halogens is 2. The minimum absolute atomic E-state index is 0.179. The molecule has 0 spiro atoms. The van der Waals surface area contributed by atoms with Crippen LogP contribution in [0.3, 0.4) is 0 Å². The SMILES string of the molecule is CCc1cc(Oc2ccc(C(C)N)cc2F)ccc1Cl. The molecule has 106 valence electrons. The molecule has 4 heteroatoms. The van der Waals surface area contributed by atoms with Crippen LogP contribution in [-0.2, 0) is 6.42 Å². The van der Waals surface area contributed by atoms with Crippen LogP contribution in [0.1, 0.15) is 31.0 Å². The van der Waals surface area contributed by atoms with Gasteiger partial charge in [0.25, 0.3) is 0 Å². The largest absolute Gasteiger partial charge is 0.454 e. The van der Waals surface area contributed by atoms with Gasteiger partial charge in [0.2, 0.25) is 0 Å². The Labute approximate surface area is 123 Å². The van der Waals surface area contributed by atoms with Gasteiger partial charge in [-0.05, 0) is 54.8 Å². The van der Waals surface area contributed by atoms with Crippen molar-refractivity contribution in [1.29, 1.82) is 0 Å². The predicted molar refractivity (Wildman–Crippen MR) is 79.9 cm³/mol. The summed E-state index contributed by atoms with van der Waals surface area (Å²) in [7, 11) is 0. The van der Waals surface area contributed by atoms with Crippen molar-refractivity contribution in [2.24, 2.45) is 5.73 Å². The Kier molecular flexibility index (Phi) is 4.63. The summed E-state index contributed by atoms with van der Waals surface area (Å²) < 4.78 is 19.5. The number of nitrogens with two attached hydrogens (primary N) is 1. The van der Waals surface area contributed by atoms with Crippen molar-refractivity contribution in [3.8, 4) is 11.5 Å². The lowest BCUT2D eigenvalue weighted by Gasteiger charge is -2.11. The third-order valence-corrected chi connectivity index (χ3v) is 3.48. The zero-order chi connectivity index (χ0) is 14.7. The van der Waals surface area contributed by atoms with Gasteiger partial charge in [0.15, 0.2) is 11.6 Å². The molecule has 0 aliphatic carbocycles. The fourth-order valence-electron chi connectivity index (χ4n) is 1.90. The molecule has 2 rings (SSSR count). The summed E-state index contributed by atoms with van der Waals surface area (Å²) in [5.74, 6) is 0.324. The molecule has 0 bridgehead atoms. The number of ether oxygens (including phenoxy) is 1. The van der Waals surface area contributed by atoms with Crippen molar-refractivity contribution in [2.45, 2.75) is 26.3 Å². The Morgan fingerprint density at radius 3 is 2.60 bits per heavy atom. The van der Waals surface area contributed by atoms with E-state index in [0.29, 0.717) is 10.8 Å². The van der Waals surface area contributed by atoms with E-state index in [0.717, 1.165) is 17.5 Å². The summed E-state index contributed by atoms with van der Waals surface area (Å²) in [6, 6.07) is 9.84. The van der Waals surface area contributed by atoms with Crippen molar-refractivity contribution >= 4 is 11.6 Å². The minimum Gasteiger partial charge on any atom is -0.454 e. The Morgan fingerprint density at radius 2 is 2.00 bits per heavy atom. The number of aryl methyl sites for hydroxylation is 1. The highest BCUT2D eigenvalue weighted by Gasteiger charge is 2.09. The van der Waals surface area contributed by atoms with Gasteiger partial charge in [0.1, 0.15) is 5.75 Å². The van der Waals surface area contributed by atoms with E-state index >= 15 is 0 Å². The van der Waals surface area contributed by atoms with Gasteiger partial charge in [0, 0.05) is 11.1 Å². The lowest BCUT2D eigenvalue weighted by molar-refractivity contribution is 0.441. The lowest BCUT2D eigenvalue weighted by Crippen LogP contribution is -2.05. The highest BCUT2D eigenvalue weighted by atomic mass is 35.5. The first-order valence-electron chi connectivity index (χ1n) is 6.52. The maximum Gasteiger partial charge on any atom is 0.166 e. The summed E-state index contributed by atoms with van der Waals surface area (Å²) in [4.78, 5) is 0. The van der Waals surface area contributed by atoms with Crippen LogP contribution in [0.5, 0.6) is 11.5 Å². The van der Waals surface area contributed by atoms with Crippen LogP contribution in [-0.4, -0.2) is 0 Å². The highest BCUT2D eigenvalue weighted by Crippen LogP contribution is 2.29. The van der Waals surface area contributed by atoms with Crippen molar-refractivity contribution in [2.75, 3.05) is 0 Å². The van der Waals surface area contributed by atoms with Crippen molar-refractivity contribution < 1.29 is 9.13 Å². The van der Waals surface area contributed by atoms with Gasteiger partial charge in [-0.2, -0.15) is 0 Å². The van der Waals surface area contributed by atoms with Crippen LogP contribution in [0.25, 0.3) is 0 Å². The van der Waals surface area contributed by atoms with Crippen LogP contribution in [0.15, 0.2) is 36.4 Å². The topological polar surface area (TPSA) is 35.2 Å². The average Bonchev–Trinajstić information content (AvgIpc) is 2.42. The van der Waals surface area contributed by atoms with Crippen LogP contribution < -0.4 is 10.5 Å². The van der Waals surface area contributed by atoms with Gasteiger partial charge in [-0.1, -0.05) is 24.6 Å². The molecular weight excluding hydrogens is 277 g/mol. The van der Waals surface area contributed by atoms with Gasteiger partial charge < -0.3 is 10.5 Å². The highest BCUT2D eigenvalue weighted by molar-refractivity contribution is 6.31. The molecule has 0 fully saturated rings. The molecule has 0 radical (unpaired) electrons. The second-order valence-electron chi connectivity index (χ2n) is 4.69. The number of hydrogen-bond acceptors (Lipinski definition) is 2. The van der Waals surface area contributed by atoms with Gasteiger partial charge in [0.05, 0.1) is 0 Å². The number of hydrogen-bond donors (Lipinski definition) is 1. The minimum atomic E-state index is -0.423. The molecule has 0 amide bonds. The smallest absolute Gasteiger partial charge is 0.166 e. The molecule has 0 saturated heterocycles. The molecule has 1 unspecified atom stereocenters. The van der Waals surface area contributed by atoms with E-state index in [1.165, 1.54) is 6.07 Å². The summed E-state index contributed by atoms with van der Waals surface area (Å²) in [6.07, 6.45) is 0.794. The number of benzene rings is 2. The lowest BCUT2D eigenvalue weighted by atomic mass is 10.1. The normalized spacial score (nSPS) is 12.2. The maximum atomic E-state index is 14.0. The van der Waals surface area contributed by atoms with Gasteiger partial charge in [-0.3, -0.25) is 0 Å². The Hall–Kier alpha value is -1.58. The molecule has 2 aromatic carbocycles. The van der Waals surface area contributed by atoms with Crippen molar-refractivity contribution in [1.82, 2.24) is 0 Å². The third-order valence-electron chi connectivity index (χ3n) is 3.11. The maximum absolute atomic E-state index is 14.0. The first kappa shape index (κ1) is 14.8. The van der Waals surface area contributed by atoms with Gasteiger partial charge in [-0.25, -0.2) is 4.39 Å². The van der Waals surface area contributed by atoms with Crippen LogP contribution in [0.2, 0.25) is 5.02 Å². The van der Waals surface area contributed by atoms with Crippen LogP contribution >= 0.6 is 11.6 Å². The van der Waals surface area contributed by atoms with Crippen molar-refractivity contribution in [3.63, 3.8) is 0 Å². The molecule has 0 aliphatic rings.